The molecule has 0 N–H and O–H groups in total. The molecule has 0 atom stereocenters. The smallest absolute Gasteiger partial charge is 0.254 e. The van der Waals surface area contributed by atoms with Gasteiger partial charge in [-0.3, -0.25) is 9.78 Å². The van der Waals surface area contributed by atoms with E-state index in [1.807, 2.05) is 53.7 Å². The fraction of sp³-hybridized carbons (Fsp3) is 0.257. The van der Waals surface area contributed by atoms with Crippen molar-refractivity contribution in [3.8, 4) is 11.4 Å². The van der Waals surface area contributed by atoms with E-state index in [0.29, 0.717) is 18.9 Å². The van der Waals surface area contributed by atoms with E-state index in [2.05, 4.69) is 73.2 Å². The van der Waals surface area contributed by atoms with E-state index < -0.39 is 0 Å². The molecule has 3 aromatic carbocycles. The lowest BCUT2D eigenvalue weighted by atomic mass is 9.86. The van der Waals surface area contributed by atoms with Gasteiger partial charge in [-0.05, 0) is 71.2 Å². The Morgan fingerprint density at radius 1 is 0.850 bits per heavy atom. The summed E-state index contributed by atoms with van der Waals surface area (Å²) in [4.78, 5) is 29.3. The van der Waals surface area contributed by atoms with Gasteiger partial charge in [-0.25, -0.2) is 9.97 Å². The molecule has 200 valence electrons. The van der Waals surface area contributed by atoms with E-state index in [0.717, 1.165) is 52.5 Å². The third-order valence-corrected chi connectivity index (χ3v) is 7.80. The highest BCUT2D eigenvalue weighted by molar-refractivity contribution is 5.94. The SMILES string of the molecule is CC(C)(C)c1ccc(CCc2ccc(C(=O)N3CCc4cnc(-c5cnc6ccccc6c5)nc4C3)cc2)cc1. The Labute approximate surface area is 236 Å². The number of aromatic nitrogens is 3. The number of pyridine rings is 1. The molecule has 0 saturated carbocycles. The summed E-state index contributed by atoms with van der Waals surface area (Å²) >= 11 is 0. The molecule has 0 bridgehead atoms. The Balaban J connectivity index is 1.11. The average molecular weight is 527 g/mol. The number of carbonyl (C=O) groups is 1. The highest BCUT2D eigenvalue weighted by atomic mass is 16.2. The van der Waals surface area contributed by atoms with Crippen molar-refractivity contribution in [1.29, 1.82) is 0 Å². The van der Waals surface area contributed by atoms with Crippen LogP contribution >= 0.6 is 0 Å². The fourth-order valence-corrected chi connectivity index (χ4v) is 5.27. The predicted octanol–water partition coefficient (Wildman–Crippen LogP) is 6.97. The number of carbonyl (C=O) groups excluding carboxylic acids is 1. The minimum absolute atomic E-state index is 0.0440. The number of benzene rings is 3. The second-order valence-corrected chi connectivity index (χ2v) is 11.7. The van der Waals surface area contributed by atoms with Gasteiger partial charge in [0.2, 0.25) is 0 Å². The van der Waals surface area contributed by atoms with Gasteiger partial charge in [0, 0.05) is 35.5 Å². The van der Waals surface area contributed by atoms with Gasteiger partial charge < -0.3 is 4.90 Å². The van der Waals surface area contributed by atoms with Crippen LogP contribution in [0.1, 0.15) is 59.1 Å². The Bertz CT molecular complexity index is 1670. The minimum atomic E-state index is 0.0440. The Kier molecular flexibility index (Phi) is 6.89. The van der Waals surface area contributed by atoms with Crippen LogP contribution in [0.5, 0.6) is 0 Å². The molecule has 1 amide bonds. The first-order chi connectivity index (χ1) is 19.3. The zero-order valence-corrected chi connectivity index (χ0v) is 23.4. The first-order valence-electron chi connectivity index (χ1n) is 14.0. The number of rotatable bonds is 5. The molecule has 0 unspecified atom stereocenters. The first kappa shape index (κ1) is 25.9. The third kappa shape index (κ3) is 5.50. The molecular weight excluding hydrogens is 492 g/mol. The van der Waals surface area contributed by atoms with E-state index in [4.69, 9.17) is 4.98 Å². The maximum Gasteiger partial charge on any atom is 0.254 e. The minimum Gasteiger partial charge on any atom is -0.332 e. The molecule has 5 heteroatoms. The number of hydrogen-bond acceptors (Lipinski definition) is 4. The van der Waals surface area contributed by atoms with Crippen molar-refractivity contribution in [1.82, 2.24) is 19.9 Å². The Morgan fingerprint density at radius 2 is 1.55 bits per heavy atom. The van der Waals surface area contributed by atoms with Crippen molar-refractivity contribution in [3.63, 3.8) is 0 Å². The largest absolute Gasteiger partial charge is 0.332 e. The van der Waals surface area contributed by atoms with Gasteiger partial charge in [0.05, 0.1) is 17.8 Å². The van der Waals surface area contributed by atoms with Crippen LogP contribution in [0.2, 0.25) is 0 Å². The van der Waals surface area contributed by atoms with E-state index in [9.17, 15) is 4.79 Å². The summed E-state index contributed by atoms with van der Waals surface area (Å²) in [6.45, 7) is 7.86. The molecule has 1 aliphatic rings. The normalized spacial score (nSPS) is 13.3. The number of para-hydroxylation sites is 1. The zero-order chi connectivity index (χ0) is 27.7. The van der Waals surface area contributed by atoms with E-state index in [1.54, 1.807) is 0 Å². The highest BCUT2D eigenvalue weighted by Gasteiger charge is 2.24. The van der Waals surface area contributed by atoms with Gasteiger partial charge >= 0.3 is 0 Å². The Morgan fingerprint density at radius 3 is 2.27 bits per heavy atom. The summed E-state index contributed by atoms with van der Waals surface area (Å²) in [5.74, 6) is 0.686. The second-order valence-electron chi connectivity index (χ2n) is 11.7. The van der Waals surface area contributed by atoms with Gasteiger partial charge in [-0.15, -0.1) is 0 Å². The van der Waals surface area contributed by atoms with Crippen LogP contribution in [0.25, 0.3) is 22.3 Å². The summed E-state index contributed by atoms with van der Waals surface area (Å²) in [7, 11) is 0. The van der Waals surface area contributed by atoms with Crippen molar-refractivity contribution in [2.75, 3.05) is 6.54 Å². The van der Waals surface area contributed by atoms with E-state index in [1.165, 1.54) is 16.7 Å². The van der Waals surface area contributed by atoms with Crippen LogP contribution in [0, 0.1) is 0 Å². The second kappa shape index (κ2) is 10.6. The molecule has 0 aliphatic carbocycles. The lowest BCUT2D eigenvalue weighted by molar-refractivity contribution is 0.0731. The molecule has 0 spiro atoms. The van der Waals surface area contributed by atoms with Gasteiger partial charge in [0.15, 0.2) is 5.82 Å². The zero-order valence-electron chi connectivity index (χ0n) is 23.4. The van der Waals surface area contributed by atoms with Crippen LogP contribution in [0.4, 0.5) is 0 Å². The average Bonchev–Trinajstić information content (AvgIpc) is 2.99. The monoisotopic (exact) mass is 526 g/mol. The predicted molar refractivity (Wildman–Crippen MR) is 160 cm³/mol. The van der Waals surface area contributed by atoms with E-state index >= 15 is 0 Å². The molecule has 5 aromatic rings. The van der Waals surface area contributed by atoms with Crippen molar-refractivity contribution in [2.24, 2.45) is 0 Å². The maximum absolute atomic E-state index is 13.4. The Hall–Kier alpha value is -4.38. The quantitative estimate of drug-likeness (QED) is 0.248. The molecule has 3 heterocycles. The van der Waals surface area contributed by atoms with Crippen molar-refractivity contribution in [3.05, 3.63) is 125 Å². The van der Waals surface area contributed by atoms with Gasteiger partial charge in [-0.1, -0.05) is 75.4 Å². The van der Waals surface area contributed by atoms with Gasteiger partial charge in [0.1, 0.15) is 0 Å². The summed E-state index contributed by atoms with van der Waals surface area (Å²) < 4.78 is 0. The van der Waals surface area contributed by atoms with Crippen molar-refractivity contribution < 1.29 is 4.79 Å². The first-order valence-corrected chi connectivity index (χ1v) is 14.0. The third-order valence-electron chi connectivity index (χ3n) is 7.80. The summed E-state index contributed by atoms with van der Waals surface area (Å²) in [5.41, 5.74) is 8.65. The molecule has 0 radical (unpaired) electrons. The molecule has 1 aliphatic heterocycles. The summed E-state index contributed by atoms with van der Waals surface area (Å²) in [6, 6.07) is 27.1. The number of aryl methyl sites for hydroxylation is 2. The fourth-order valence-electron chi connectivity index (χ4n) is 5.27. The van der Waals surface area contributed by atoms with Crippen LogP contribution < -0.4 is 0 Å². The van der Waals surface area contributed by atoms with Gasteiger partial charge in [-0.2, -0.15) is 0 Å². The molecule has 2 aromatic heterocycles. The van der Waals surface area contributed by atoms with E-state index in [-0.39, 0.29) is 11.3 Å². The number of hydrogen-bond donors (Lipinski definition) is 0. The molecular formula is C35H34N4O. The molecule has 40 heavy (non-hydrogen) atoms. The summed E-state index contributed by atoms with van der Waals surface area (Å²) in [5, 5.41) is 1.06. The van der Waals surface area contributed by atoms with Crippen LogP contribution in [0.3, 0.4) is 0 Å². The molecule has 6 rings (SSSR count). The maximum atomic E-state index is 13.4. The lowest BCUT2D eigenvalue weighted by Gasteiger charge is -2.28. The van der Waals surface area contributed by atoms with Crippen LogP contribution in [0.15, 0.2) is 91.3 Å². The molecule has 5 nitrogen and oxygen atoms in total. The van der Waals surface area contributed by atoms with Crippen molar-refractivity contribution in [2.45, 2.75) is 52.0 Å². The number of fused-ring (bicyclic) bond motifs is 2. The highest BCUT2D eigenvalue weighted by Crippen LogP contribution is 2.25. The lowest BCUT2D eigenvalue weighted by Crippen LogP contribution is -2.36. The van der Waals surface area contributed by atoms with Gasteiger partial charge in [0.25, 0.3) is 5.91 Å². The standard InChI is InChI=1S/C35H34N4O/c1-35(2,3)30-16-12-25(13-17-30)9-8-24-10-14-26(15-11-24)34(40)39-19-18-28-21-37-33(38-32(28)23-39)29-20-27-6-4-5-7-31(27)36-22-29/h4-7,10-17,20-22H,8-9,18-19,23H2,1-3H3. The number of nitrogens with zero attached hydrogens (tertiary/aromatic N) is 4. The summed E-state index contributed by atoms with van der Waals surface area (Å²) in [6.07, 6.45) is 6.40. The van der Waals surface area contributed by atoms with Crippen LogP contribution in [-0.4, -0.2) is 32.3 Å². The number of amides is 1. The topological polar surface area (TPSA) is 59.0 Å². The molecule has 0 saturated heterocycles. The van der Waals surface area contributed by atoms with Crippen LogP contribution in [-0.2, 0) is 31.2 Å². The molecule has 0 fully saturated rings. The van der Waals surface area contributed by atoms with Crippen molar-refractivity contribution >= 4 is 16.8 Å².